The molecular weight excluding hydrogens is 428 g/mol. The Bertz CT molecular complexity index is 1270. The smallest absolute Gasteiger partial charge is 0.289 e. The van der Waals surface area contributed by atoms with Crippen molar-refractivity contribution in [2.24, 2.45) is 5.10 Å². The Balaban J connectivity index is 1.46. The first-order valence-corrected chi connectivity index (χ1v) is 10.1. The molecule has 1 aromatic heterocycles. The first kappa shape index (κ1) is 21.1. The number of hydrogen-bond donors (Lipinski definition) is 3. The summed E-state index contributed by atoms with van der Waals surface area (Å²) < 4.78 is 5.97. The maximum Gasteiger partial charge on any atom is 0.289 e. The normalized spacial score (nSPS) is 10.9. The lowest BCUT2D eigenvalue weighted by Gasteiger charge is -2.11. The van der Waals surface area contributed by atoms with Crippen molar-refractivity contribution >= 4 is 23.7 Å². The van der Waals surface area contributed by atoms with Gasteiger partial charge in [-0.3, -0.25) is 9.89 Å². The molecule has 0 bridgehead atoms. The molecule has 0 fully saturated rings. The molecule has 0 saturated carbocycles. The average Bonchev–Trinajstić information content (AvgIpc) is 3.30. The van der Waals surface area contributed by atoms with E-state index in [2.05, 4.69) is 20.7 Å². The second-order valence-electron chi connectivity index (χ2n) is 6.80. The number of phenols is 1. The lowest BCUT2D eigenvalue weighted by molar-refractivity contribution is 0.0950. The Morgan fingerprint density at radius 3 is 2.69 bits per heavy atom. The van der Waals surface area contributed by atoms with Crippen LogP contribution < -0.4 is 10.2 Å². The molecule has 1 amide bonds. The first-order valence-electron chi connectivity index (χ1n) is 9.74. The van der Waals surface area contributed by atoms with Gasteiger partial charge in [0.2, 0.25) is 0 Å². The second-order valence-corrected chi connectivity index (χ2v) is 7.21. The summed E-state index contributed by atoms with van der Waals surface area (Å²) in [5, 5.41) is 21.2. The molecule has 7 nitrogen and oxygen atoms in total. The van der Waals surface area contributed by atoms with Gasteiger partial charge in [0.25, 0.3) is 5.91 Å². The lowest BCUT2D eigenvalue weighted by atomic mass is 10.1. The highest BCUT2D eigenvalue weighted by atomic mass is 35.5. The minimum Gasteiger partial charge on any atom is -0.507 e. The zero-order valence-electron chi connectivity index (χ0n) is 16.8. The highest BCUT2D eigenvalue weighted by Crippen LogP contribution is 2.30. The van der Waals surface area contributed by atoms with E-state index in [-0.39, 0.29) is 11.4 Å². The number of H-pyrrole nitrogens is 1. The van der Waals surface area contributed by atoms with Gasteiger partial charge >= 0.3 is 0 Å². The first-order chi connectivity index (χ1) is 15.6. The highest BCUT2D eigenvalue weighted by molar-refractivity contribution is 6.31. The van der Waals surface area contributed by atoms with Gasteiger partial charge in [0, 0.05) is 21.7 Å². The zero-order chi connectivity index (χ0) is 22.3. The van der Waals surface area contributed by atoms with Crippen molar-refractivity contribution in [3.8, 4) is 22.8 Å². The molecule has 3 aromatic carbocycles. The molecule has 0 aliphatic heterocycles. The number of benzene rings is 3. The number of hydrazone groups is 1. The number of carbonyl (C=O) groups excluding carboxylic acids is 1. The number of aromatic amines is 1. The number of amides is 1. The molecule has 0 spiro atoms. The van der Waals surface area contributed by atoms with E-state index >= 15 is 0 Å². The van der Waals surface area contributed by atoms with Crippen molar-refractivity contribution in [1.29, 1.82) is 0 Å². The van der Waals surface area contributed by atoms with E-state index in [4.69, 9.17) is 16.3 Å². The van der Waals surface area contributed by atoms with Crippen LogP contribution in [0.15, 0.2) is 84.0 Å². The molecule has 4 rings (SSSR count). The van der Waals surface area contributed by atoms with Gasteiger partial charge < -0.3 is 9.84 Å². The third-order valence-corrected chi connectivity index (χ3v) is 5.00. The molecule has 0 unspecified atom stereocenters. The van der Waals surface area contributed by atoms with Crippen molar-refractivity contribution in [3.05, 3.63) is 101 Å². The Morgan fingerprint density at radius 2 is 1.84 bits per heavy atom. The van der Waals surface area contributed by atoms with E-state index in [1.807, 2.05) is 48.5 Å². The summed E-state index contributed by atoms with van der Waals surface area (Å²) >= 11 is 6.21. The fourth-order valence-corrected chi connectivity index (χ4v) is 3.16. The highest BCUT2D eigenvalue weighted by Gasteiger charge is 2.14. The van der Waals surface area contributed by atoms with Gasteiger partial charge in [-0.1, -0.05) is 54.1 Å². The topological polar surface area (TPSA) is 99.6 Å². The summed E-state index contributed by atoms with van der Waals surface area (Å²) in [5.41, 5.74) is 5.28. The van der Waals surface area contributed by atoms with Crippen LogP contribution in [0.5, 0.6) is 11.5 Å². The number of ether oxygens (including phenoxy) is 1. The quantitative estimate of drug-likeness (QED) is 0.281. The van der Waals surface area contributed by atoms with Gasteiger partial charge in [-0.05, 0) is 36.4 Å². The Morgan fingerprint density at radius 1 is 1.09 bits per heavy atom. The number of hydrogen-bond acceptors (Lipinski definition) is 5. The van der Waals surface area contributed by atoms with Crippen LogP contribution in [0.25, 0.3) is 11.3 Å². The van der Waals surface area contributed by atoms with Crippen molar-refractivity contribution in [3.63, 3.8) is 0 Å². The third kappa shape index (κ3) is 4.96. The maximum atomic E-state index is 12.4. The average molecular weight is 447 g/mol. The van der Waals surface area contributed by atoms with Crippen molar-refractivity contribution in [1.82, 2.24) is 15.6 Å². The molecule has 0 saturated heterocycles. The predicted octanol–water partition coefficient (Wildman–Crippen LogP) is 4.78. The molecule has 0 aliphatic carbocycles. The van der Waals surface area contributed by atoms with Crippen LogP contribution in [0.4, 0.5) is 0 Å². The van der Waals surface area contributed by atoms with E-state index in [0.29, 0.717) is 28.6 Å². The molecule has 32 heavy (non-hydrogen) atoms. The van der Waals surface area contributed by atoms with E-state index in [9.17, 15) is 9.90 Å². The Labute approximate surface area is 189 Å². The van der Waals surface area contributed by atoms with Crippen LogP contribution in [-0.2, 0) is 6.61 Å². The molecule has 8 heteroatoms. The molecule has 0 atom stereocenters. The van der Waals surface area contributed by atoms with Gasteiger partial charge in [-0.2, -0.15) is 10.2 Å². The monoisotopic (exact) mass is 446 g/mol. The summed E-state index contributed by atoms with van der Waals surface area (Å²) in [4.78, 5) is 12.4. The largest absolute Gasteiger partial charge is 0.507 e. The number of nitrogens with one attached hydrogen (secondary N) is 2. The molecule has 3 N–H and O–H groups in total. The summed E-state index contributed by atoms with van der Waals surface area (Å²) in [6.07, 6.45) is 1.36. The van der Waals surface area contributed by atoms with Crippen molar-refractivity contribution in [2.75, 3.05) is 0 Å². The summed E-state index contributed by atoms with van der Waals surface area (Å²) in [7, 11) is 0. The Kier molecular flexibility index (Phi) is 6.48. The number of para-hydroxylation sites is 2. The number of carbonyl (C=O) groups is 1. The summed E-state index contributed by atoms with van der Waals surface area (Å²) in [5.74, 6) is 0.219. The number of halogens is 1. The van der Waals surface area contributed by atoms with Crippen molar-refractivity contribution in [2.45, 2.75) is 6.61 Å². The van der Waals surface area contributed by atoms with Crippen LogP contribution in [0, 0.1) is 0 Å². The number of nitrogens with zero attached hydrogens (tertiary/aromatic N) is 2. The molecular formula is C24H19ClN4O3. The number of rotatable bonds is 7. The predicted molar refractivity (Wildman–Crippen MR) is 123 cm³/mol. The lowest BCUT2D eigenvalue weighted by Crippen LogP contribution is -2.18. The maximum absolute atomic E-state index is 12.4. The Hall–Kier alpha value is -4.10. The summed E-state index contributed by atoms with van der Waals surface area (Å²) in [6.45, 7) is 0.301. The summed E-state index contributed by atoms with van der Waals surface area (Å²) in [6, 6.07) is 23.2. The van der Waals surface area contributed by atoms with Gasteiger partial charge in [0.1, 0.15) is 23.8 Å². The standard InChI is InChI=1S/C24H19ClN4O3/c25-19-10-4-1-8-17(19)15-32-23-12-6-3-9-18(23)20-13-21(28-27-20)24(31)29-26-14-16-7-2-5-11-22(16)30/h1-14,30H,15H2,(H,27,28)(H,29,31)/b26-14+. The van der Waals surface area contributed by atoms with Gasteiger partial charge in [0.05, 0.1) is 11.9 Å². The molecule has 0 aliphatic rings. The fourth-order valence-electron chi connectivity index (χ4n) is 2.97. The number of phenolic OH excluding ortho intramolecular Hbond substituents is 1. The van der Waals surface area contributed by atoms with E-state index < -0.39 is 5.91 Å². The molecule has 1 heterocycles. The van der Waals surface area contributed by atoms with Gasteiger partial charge in [0.15, 0.2) is 0 Å². The molecule has 160 valence electrons. The van der Waals surface area contributed by atoms with E-state index in [1.165, 1.54) is 12.3 Å². The van der Waals surface area contributed by atoms with Crippen molar-refractivity contribution < 1.29 is 14.6 Å². The zero-order valence-corrected chi connectivity index (χ0v) is 17.6. The van der Waals surface area contributed by atoms with Crippen LogP contribution in [0.3, 0.4) is 0 Å². The third-order valence-electron chi connectivity index (χ3n) is 4.63. The molecule has 4 aromatic rings. The van der Waals surface area contributed by atoms with Crippen LogP contribution >= 0.6 is 11.6 Å². The van der Waals surface area contributed by atoms with E-state index in [0.717, 1.165) is 11.1 Å². The van der Waals surface area contributed by atoms with Gasteiger partial charge in [-0.15, -0.1) is 0 Å². The van der Waals surface area contributed by atoms with Gasteiger partial charge in [-0.25, -0.2) is 5.43 Å². The second kappa shape index (κ2) is 9.80. The number of aromatic nitrogens is 2. The minimum atomic E-state index is -0.468. The fraction of sp³-hybridized carbons (Fsp3) is 0.0417. The van der Waals surface area contributed by atoms with E-state index in [1.54, 1.807) is 24.3 Å². The number of aromatic hydroxyl groups is 1. The van der Waals surface area contributed by atoms with Crippen LogP contribution in [0.1, 0.15) is 21.6 Å². The minimum absolute atomic E-state index is 0.0720. The SMILES string of the molecule is O=C(N/N=C/c1ccccc1O)c1cc(-c2ccccc2OCc2ccccc2Cl)n[nH]1. The molecule has 0 radical (unpaired) electrons. The van der Waals surface area contributed by atoms with Crippen LogP contribution in [0.2, 0.25) is 5.02 Å². The van der Waals surface area contributed by atoms with Crippen LogP contribution in [-0.4, -0.2) is 27.4 Å².